The zero-order chi connectivity index (χ0) is 61.9. The highest BCUT2D eigenvalue weighted by molar-refractivity contribution is 6.14. The van der Waals surface area contributed by atoms with E-state index in [1.807, 2.05) is 204 Å². The molecular weight excluding hydrogens is 1140 g/mol. The minimum Gasteiger partial charge on any atom is -0.308 e. The highest BCUT2D eigenvalue weighted by atomic mass is 19.4. The zero-order valence-electron chi connectivity index (χ0n) is 49.1. The highest BCUT2D eigenvalue weighted by Gasteiger charge is 2.36. The molecule has 0 radical (unpaired) electrons. The van der Waals surface area contributed by atoms with E-state index in [0.29, 0.717) is 33.4 Å². The van der Waals surface area contributed by atoms with Crippen LogP contribution in [0.4, 0.5) is 13.2 Å². The molecule has 0 N–H and O–H groups in total. The second kappa shape index (κ2) is 22.7. The topological polar surface area (TPSA) is 85.2 Å². The van der Waals surface area contributed by atoms with Crippen molar-refractivity contribution in [2.24, 2.45) is 0 Å². The molecule has 92 heavy (non-hydrogen) atoms. The first-order chi connectivity index (χ1) is 45.2. The summed E-state index contributed by atoms with van der Waals surface area (Å²) in [7, 11) is 0. The molecule has 16 aromatic rings. The molecule has 0 bridgehead atoms. The Morgan fingerprint density at radius 2 is 0.576 bits per heavy atom. The summed E-state index contributed by atoms with van der Waals surface area (Å²) in [6.07, 6.45) is 2.61. The van der Waals surface area contributed by atoms with Gasteiger partial charge in [-0.1, -0.05) is 212 Å². The Hall–Kier alpha value is -12.3. The molecule has 0 amide bonds. The van der Waals surface area contributed by atoms with Gasteiger partial charge in [0.15, 0.2) is 0 Å². The molecule has 0 atom stereocenters. The summed E-state index contributed by atoms with van der Waals surface area (Å²) in [5, 5.41) is 14.9. The SMILES string of the molecule is N#Cc1cc(-n2c3cc(-c4ccc(-c5ccccc5)nc4)ccc3c3ccc(-c4ccc(-c5ccccc5)nc4)cc32)c(-c2ccccc2C(F)(F)F)c(-n2c3cc(-c4ccc(-c5ccccc5)nc4)ccc3c3ccc(-c4ccc(-c5ccccc5)nc4)cc32)c1. The lowest BCUT2D eigenvalue weighted by Crippen LogP contribution is -2.11. The summed E-state index contributed by atoms with van der Waals surface area (Å²) >= 11 is 0. The molecule has 7 nitrogen and oxygen atoms in total. The third kappa shape index (κ3) is 9.91. The number of hydrogen-bond donors (Lipinski definition) is 0. The van der Waals surface area contributed by atoms with Crippen molar-refractivity contribution in [2.75, 3.05) is 0 Å². The van der Waals surface area contributed by atoms with E-state index in [2.05, 4.69) is 78.9 Å². The van der Waals surface area contributed by atoms with Crippen LogP contribution in [0.15, 0.2) is 304 Å². The Balaban J connectivity index is 0.988. The van der Waals surface area contributed by atoms with Crippen molar-refractivity contribution in [3.63, 3.8) is 0 Å². The lowest BCUT2D eigenvalue weighted by Gasteiger charge is -2.23. The number of benzene rings is 10. The van der Waals surface area contributed by atoms with E-state index in [-0.39, 0.29) is 16.7 Å². The van der Waals surface area contributed by atoms with Gasteiger partial charge < -0.3 is 9.13 Å². The van der Waals surface area contributed by atoms with Crippen LogP contribution in [-0.2, 0) is 6.18 Å². The molecule has 0 unspecified atom stereocenters. The largest absolute Gasteiger partial charge is 0.417 e. The molecule has 6 aromatic heterocycles. The van der Waals surface area contributed by atoms with Gasteiger partial charge in [0.05, 0.1) is 73.4 Å². The molecule has 16 rings (SSSR count). The average Bonchev–Trinajstić information content (AvgIpc) is 1.54. The third-order valence-electron chi connectivity index (χ3n) is 17.4. The monoisotopic (exact) mass is 1190 g/mol. The fraction of sp³-hybridized carbons (Fsp3) is 0.0122. The van der Waals surface area contributed by atoms with Crippen LogP contribution in [-0.4, -0.2) is 29.1 Å². The Morgan fingerprint density at radius 3 is 0.848 bits per heavy atom. The molecule has 0 aliphatic carbocycles. The molecule has 10 heteroatoms. The number of pyridine rings is 4. The van der Waals surface area contributed by atoms with Crippen LogP contribution in [0.25, 0.3) is 156 Å². The molecule has 0 aliphatic heterocycles. The van der Waals surface area contributed by atoms with Crippen LogP contribution in [0.5, 0.6) is 0 Å². The van der Waals surface area contributed by atoms with E-state index in [1.54, 1.807) is 24.3 Å². The number of halogens is 3. The normalized spacial score (nSPS) is 11.6. The lowest BCUT2D eigenvalue weighted by molar-refractivity contribution is -0.137. The minimum absolute atomic E-state index is 0.0677. The maximum atomic E-state index is 16.3. The molecular formula is C82H50F3N7. The number of aromatic nitrogens is 6. The summed E-state index contributed by atoms with van der Waals surface area (Å²) in [6.45, 7) is 0. The van der Waals surface area contributed by atoms with Gasteiger partial charge in [0, 0.05) is 96.4 Å². The van der Waals surface area contributed by atoms with Crippen LogP contribution >= 0.6 is 0 Å². The van der Waals surface area contributed by atoms with Gasteiger partial charge >= 0.3 is 6.18 Å². The number of rotatable bonds is 11. The van der Waals surface area contributed by atoms with Gasteiger partial charge in [-0.05, 0) is 94.5 Å². The Bertz CT molecular complexity index is 4920. The Morgan fingerprint density at radius 1 is 0.293 bits per heavy atom. The smallest absolute Gasteiger partial charge is 0.308 e. The Kier molecular flexibility index (Phi) is 13.6. The van der Waals surface area contributed by atoms with Gasteiger partial charge in [-0.25, -0.2) is 0 Å². The fourth-order valence-electron chi connectivity index (χ4n) is 12.9. The second-order valence-corrected chi connectivity index (χ2v) is 22.8. The molecule has 0 saturated heterocycles. The molecule has 0 aliphatic rings. The van der Waals surface area contributed by atoms with E-state index >= 15 is 13.2 Å². The maximum Gasteiger partial charge on any atom is 0.417 e. The first kappa shape index (κ1) is 55.0. The van der Waals surface area contributed by atoms with Gasteiger partial charge in [-0.3, -0.25) is 19.9 Å². The Labute approximate surface area is 527 Å². The number of nitrogens with zero attached hydrogens (tertiary/aromatic N) is 7. The zero-order valence-corrected chi connectivity index (χ0v) is 49.1. The van der Waals surface area contributed by atoms with Crippen LogP contribution in [0.1, 0.15) is 11.1 Å². The molecule has 0 spiro atoms. The van der Waals surface area contributed by atoms with Gasteiger partial charge in [0.2, 0.25) is 0 Å². The number of nitriles is 1. The van der Waals surface area contributed by atoms with E-state index in [1.165, 1.54) is 6.07 Å². The number of fused-ring (bicyclic) bond motifs is 6. The van der Waals surface area contributed by atoms with Crippen molar-refractivity contribution in [2.45, 2.75) is 6.18 Å². The number of alkyl halides is 3. The van der Waals surface area contributed by atoms with Crippen molar-refractivity contribution in [1.29, 1.82) is 5.26 Å². The molecule has 10 aromatic carbocycles. The highest BCUT2D eigenvalue weighted by Crippen LogP contribution is 2.48. The van der Waals surface area contributed by atoms with Gasteiger partial charge in [0.25, 0.3) is 0 Å². The van der Waals surface area contributed by atoms with Crippen LogP contribution in [0.3, 0.4) is 0 Å². The van der Waals surface area contributed by atoms with E-state index < -0.39 is 11.7 Å². The lowest BCUT2D eigenvalue weighted by atomic mass is 9.93. The van der Waals surface area contributed by atoms with Crippen molar-refractivity contribution in [3.8, 4) is 118 Å². The minimum atomic E-state index is -4.81. The van der Waals surface area contributed by atoms with E-state index in [9.17, 15) is 5.26 Å². The van der Waals surface area contributed by atoms with Crippen molar-refractivity contribution in [1.82, 2.24) is 29.1 Å². The molecule has 6 heterocycles. The summed E-state index contributed by atoms with van der Waals surface area (Å²) in [4.78, 5) is 19.7. The molecule has 0 saturated carbocycles. The van der Waals surface area contributed by atoms with Gasteiger partial charge in [-0.15, -0.1) is 0 Å². The maximum absolute atomic E-state index is 16.3. The fourth-order valence-corrected chi connectivity index (χ4v) is 12.9. The van der Waals surface area contributed by atoms with Crippen LogP contribution in [0, 0.1) is 11.3 Å². The summed E-state index contributed by atoms with van der Waals surface area (Å²) in [5.41, 5.74) is 17.0. The standard InChI is InChI=1S/C82H50F3N7/c83-82(84,85)70-24-14-13-23-69(70)81-79(91-75-43-57(61-29-37-71(87-48-61)53-15-5-1-6-16-53)25-33-65(75)66-34-26-58(44-76(66)91)62-30-38-72(88-49-62)54-17-7-2-8-18-54)41-52(47-86)42-80(81)92-77-45-59(63-31-39-73(89-50-63)55-19-9-3-10-20-55)27-35-67(77)68-36-28-60(46-78(68)92)64-32-40-74(90-51-64)56-21-11-4-12-22-56/h1-46,48-51H. The summed E-state index contributed by atoms with van der Waals surface area (Å²) in [5.74, 6) is 0. The van der Waals surface area contributed by atoms with Crippen molar-refractivity contribution < 1.29 is 13.2 Å². The summed E-state index contributed by atoms with van der Waals surface area (Å²) in [6, 6.07) is 92.7. The average molecular weight is 1190 g/mol. The predicted octanol–water partition coefficient (Wildman–Crippen LogP) is 21.4. The first-order valence-electron chi connectivity index (χ1n) is 30.2. The van der Waals surface area contributed by atoms with Crippen LogP contribution < -0.4 is 0 Å². The predicted molar refractivity (Wildman–Crippen MR) is 365 cm³/mol. The van der Waals surface area contributed by atoms with E-state index in [0.717, 1.165) is 117 Å². The third-order valence-corrected chi connectivity index (χ3v) is 17.4. The van der Waals surface area contributed by atoms with E-state index in [4.69, 9.17) is 19.9 Å². The summed E-state index contributed by atoms with van der Waals surface area (Å²) < 4.78 is 52.9. The first-order valence-corrected chi connectivity index (χ1v) is 30.2. The van der Waals surface area contributed by atoms with Gasteiger partial charge in [0.1, 0.15) is 0 Å². The van der Waals surface area contributed by atoms with Crippen molar-refractivity contribution in [3.05, 3.63) is 315 Å². The molecule has 0 fully saturated rings. The van der Waals surface area contributed by atoms with Crippen LogP contribution in [0.2, 0.25) is 0 Å². The second-order valence-electron chi connectivity index (χ2n) is 22.8. The molecule has 434 valence electrons. The number of hydrogen-bond acceptors (Lipinski definition) is 5. The quantitative estimate of drug-likeness (QED) is 0.129. The van der Waals surface area contributed by atoms with Gasteiger partial charge in [-0.2, -0.15) is 18.4 Å². The van der Waals surface area contributed by atoms with Crippen molar-refractivity contribution >= 4 is 43.6 Å².